The molecule has 1 aromatic rings. The van der Waals surface area contributed by atoms with Crippen LogP contribution in [0.1, 0.15) is 13.3 Å². The second kappa shape index (κ2) is 7.38. The van der Waals surface area contributed by atoms with Crippen LogP contribution in [0.15, 0.2) is 17.2 Å². The van der Waals surface area contributed by atoms with Gasteiger partial charge in [0.05, 0.1) is 12.0 Å². The van der Waals surface area contributed by atoms with Crippen LogP contribution in [0.3, 0.4) is 0 Å². The van der Waals surface area contributed by atoms with E-state index in [4.69, 9.17) is 16.3 Å². The standard InChI is InChI=1S/C12H20ClN3O2/c1-4-6-16-7-5-14-11(12(16)17)15(2)8-10(13)9-18-3/h5,7,10H,4,6,8-9H2,1-3H3. The molecule has 0 spiro atoms. The molecule has 0 N–H and O–H groups in total. The smallest absolute Gasteiger partial charge is 0.293 e. The largest absolute Gasteiger partial charge is 0.383 e. The summed E-state index contributed by atoms with van der Waals surface area (Å²) in [6, 6.07) is 0. The molecule has 0 saturated heterocycles. The van der Waals surface area contributed by atoms with Crippen LogP contribution in [0.25, 0.3) is 0 Å². The van der Waals surface area contributed by atoms with Gasteiger partial charge in [0, 0.05) is 39.6 Å². The second-order valence-electron chi connectivity index (χ2n) is 4.18. The summed E-state index contributed by atoms with van der Waals surface area (Å²) in [6.45, 7) is 3.70. The molecule has 102 valence electrons. The Balaban J connectivity index is 2.82. The Kier molecular flexibility index (Phi) is 6.15. The number of nitrogens with zero attached hydrogens (tertiary/aromatic N) is 3. The third-order valence-corrected chi connectivity index (χ3v) is 2.81. The average Bonchev–Trinajstić information content (AvgIpc) is 2.32. The first kappa shape index (κ1) is 15.0. The van der Waals surface area contributed by atoms with Crippen molar-refractivity contribution in [2.24, 2.45) is 0 Å². The molecular weight excluding hydrogens is 254 g/mol. The van der Waals surface area contributed by atoms with Crippen molar-refractivity contribution in [2.45, 2.75) is 25.3 Å². The van der Waals surface area contributed by atoms with E-state index in [0.29, 0.717) is 25.5 Å². The number of halogens is 1. The first-order valence-electron chi connectivity index (χ1n) is 5.99. The fourth-order valence-corrected chi connectivity index (χ4v) is 2.06. The summed E-state index contributed by atoms with van der Waals surface area (Å²) in [6.07, 6.45) is 4.26. The number of aromatic nitrogens is 2. The van der Waals surface area contributed by atoms with Gasteiger partial charge in [-0.1, -0.05) is 6.92 Å². The third kappa shape index (κ3) is 3.99. The normalized spacial score (nSPS) is 12.4. The van der Waals surface area contributed by atoms with Crippen LogP contribution in [0.2, 0.25) is 0 Å². The maximum atomic E-state index is 12.1. The first-order valence-corrected chi connectivity index (χ1v) is 6.43. The Labute approximate surface area is 112 Å². The van der Waals surface area contributed by atoms with E-state index in [0.717, 1.165) is 6.42 Å². The molecule has 0 fully saturated rings. The number of ether oxygens (including phenoxy) is 1. The minimum Gasteiger partial charge on any atom is -0.383 e. The van der Waals surface area contributed by atoms with Crippen LogP contribution in [0.5, 0.6) is 0 Å². The Morgan fingerprint density at radius 1 is 1.61 bits per heavy atom. The number of aryl methyl sites for hydroxylation is 1. The van der Waals surface area contributed by atoms with E-state index in [1.165, 1.54) is 0 Å². The van der Waals surface area contributed by atoms with Crippen LogP contribution in [-0.2, 0) is 11.3 Å². The summed E-state index contributed by atoms with van der Waals surface area (Å²) in [7, 11) is 3.41. The van der Waals surface area contributed by atoms with Gasteiger partial charge in [0.15, 0.2) is 5.82 Å². The molecule has 1 aromatic heterocycles. The molecule has 0 aliphatic rings. The van der Waals surface area contributed by atoms with Crippen LogP contribution in [0.4, 0.5) is 5.82 Å². The highest BCUT2D eigenvalue weighted by Gasteiger charge is 2.13. The van der Waals surface area contributed by atoms with Gasteiger partial charge in [-0.3, -0.25) is 4.79 Å². The molecule has 6 heteroatoms. The number of hydrogen-bond donors (Lipinski definition) is 0. The molecule has 0 saturated carbocycles. The molecule has 0 aliphatic heterocycles. The lowest BCUT2D eigenvalue weighted by atomic mass is 10.4. The van der Waals surface area contributed by atoms with Gasteiger partial charge < -0.3 is 14.2 Å². The highest BCUT2D eigenvalue weighted by molar-refractivity contribution is 6.21. The van der Waals surface area contributed by atoms with Crippen molar-refractivity contribution in [3.8, 4) is 0 Å². The topological polar surface area (TPSA) is 47.4 Å². The Morgan fingerprint density at radius 2 is 2.33 bits per heavy atom. The molecule has 5 nitrogen and oxygen atoms in total. The minimum atomic E-state index is -0.166. The quantitative estimate of drug-likeness (QED) is 0.704. The van der Waals surface area contributed by atoms with E-state index >= 15 is 0 Å². The Morgan fingerprint density at radius 3 is 2.94 bits per heavy atom. The van der Waals surface area contributed by atoms with Gasteiger partial charge in [-0.15, -0.1) is 11.6 Å². The zero-order chi connectivity index (χ0) is 13.5. The summed E-state index contributed by atoms with van der Waals surface area (Å²) in [4.78, 5) is 18.0. The SMILES string of the molecule is CCCn1ccnc(N(C)CC(Cl)COC)c1=O. The Bertz CT molecular complexity index is 422. The van der Waals surface area contributed by atoms with E-state index in [-0.39, 0.29) is 10.9 Å². The summed E-state index contributed by atoms with van der Waals surface area (Å²) in [5.74, 6) is 0.424. The van der Waals surface area contributed by atoms with Crippen LogP contribution in [0, 0.1) is 0 Å². The maximum Gasteiger partial charge on any atom is 0.293 e. The van der Waals surface area contributed by atoms with Gasteiger partial charge in [0.25, 0.3) is 5.56 Å². The highest BCUT2D eigenvalue weighted by atomic mass is 35.5. The average molecular weight is 274 g/mol. The van der Waals surface area contributed by atoms with Gasteiger partial charge in [-0.2, -0.15) is 0 Å². The van der Waals surface area contributed by atoms with E-state index < -0.39 is 0 Å². The molecule has 1 rings (SSSR count). The maximum absolute atomic E-state index is 12.1. The number of hydrogen-bond acceptors (Lipinski definition) is 4. The first-order chi connectivity index (χ1) is 8.60. The van der Waals surface area contributed by atoms with Crippen LogP contribution < -0.4 is 10.5 Å². The molecule has 0 aromatic carbocycles. The Hall–Kier alpha value is -1.07. The molecule has 0 amide bonds. The lowest BCUT2D eigenvalue weighted by molar-refractivity contribution is 0.199. The van der Waals surface area contributed by atoms with Crippen LogP contribution >= 0.6 is 11.6 Å². The summed E-state index contributed by atoms with van der Waals surface area (Å²) in [5, 5.41) is -0.166. The predicted molar refractivity (Wildman–Crippen MR) is 73.6 cm³/mol. The van der Waals surface area contributed by atoms with Crippen molar-refractivity contribution < 1.29 is 4.74 Å². The molecule has 1 atom stereocenters. The van der Waals surface area contributed by atoms with E-state index in [9.17, 15) is 4.79 Å². The molecule has 1 unspecified atom stereocenters. The zero-order valence-corrected chi connectivity index (χ0v) is 11.9. The van der Waals surface area contributed by atoms with Gasteiger partial charge in [-0.25, -0.2) is 4.98 Å². The van der Waals surface area contributed by atoms with Crippen LogP contribution in [-0.4, -0.2) is 42.2 Å². The van der Waals surface area contributed by atoms with Crippen molar-refractivity contribution in [2.75, 3.05) is 32.2 Å². The molecule has 1 heterocycles. The molecule has 0 bridgehead atoms. The highest BCUT2D eigenvalue weighted by Crippen LogP contribution is 2.05. The summed E-state index contributed by atoms with van der Waals surface area (Å²) >= 11 is 6.08. The molecule has 0 radical (unpaired) electrons. The summed E-state index contributed by atoms with van der Waals surface area (Å²) < 4.78 is 6.64. The predicted octanol–water partition coefficient (Wildman–Crippen LogP) is 1.34. The van der Waals surface area contributed by atoms with E-state index in [1.807, 2.05) is 14.0 Å². The van der Waals surface area contributed by atoms with Gasteiger partial charge in [0.1, 0.15) is 0 Å². The van der Waals surface area contributed by atoms with E-state index in [2.05, 4.69) is 4.98 Å². The van der Waals surface area contributed by atoms with Crippen molar-refractivity contribution in [1.82, 2.24) is 9.55 Å². The van der Waals surface area contributed by atoms with Crippen molar-refractivity contribution in [1.29, 1.82) is 0 Å². The second-order valence-corrected chi connectivity index (χ2v) is 4.80. The van der Waals surface area contributed by atoms with Crippen molar-refractivity contribution >= 4 is 17.4 Å². The lowest BCUT2D eigenvalue weighted by Gasteiger charge is -2.20. The molecule has 0 aliphatic carbocycles. The lowest BCUT2D eigenvalue weighted by Crippen LogP contribution is -2.35. The monoisotopic (exact) mass is 273 g/mol. The van der Waals surface area contributed by atoms with Gasteiger partial charge >= 0.3 is 0 Å². The van der Waals surface area contributed by atoms with E-state index in [1.54, 1.807) is 29.0 Å². The minimum absolute atomic E-state index is 0.0804. The third-order valence-electron chi connectivity index (χ3n) is 2.54. The van der Waals surface area contributed by atoms with Crippen molar-refractivity contribution in [3.63, 3.8) is 0 Å². The fraction of sp³-hybridized carbons (Fsp3) is 0.667. The molecular formula is C12H20ClN3O2. The fourth-order valence-electron chi connectivity index (χ4n) is 1.73. The molecule has 18 heavy (non-hydrogen) atoms. The zero-order valence-electron chi connectivity index (χ0n) is 11.1. The number of methoxy groups -OCH3 is 1. The number of rotatable bonds is 7. The van der Waals surface area contributed by atoms with Gasteiger partial charge in [-0.05, 0) is 6.42 Å². The summed E-state index contributed by atoms with van der Waals surface area (Å²) in [5.41, 5.74) is -0.0804. The van der Waals surface area contributed by atoms with Gasteiger partial charge in [0.2, 0.25) is 0 Å². The van der Waals surface area contributed by atoms with Crippen molar-refractivity contribution in [3.05, 3.63) is 22.7 Å². The number of alkyl halides is 1. The number of anilines is 1.